The fraction of sp³-hybridized carbons (Fsp3) is 0.273. The summed E-state index contributed by atoms with van der Waals surface area (Å²) in [5, 5.41) is 10.0. The second-order valence-electron chi connectivity index (χ2n) is 3.56. The van der Waals surface area contributed by atoms with Gasteiger partial charge in [-0.05, 0) is 24.5 Å². The van der Waals surface area contributed by atoms with Crippen LogP contribution in [0.25, 0.3) is 0 Å². The van der Waals surface area contributed by atoms with Crippen LogP contribution in [-0.2, 0) is 0 Å². The summed E-state index contributed by atoms with van der Waals surface area (Å²) >= 11 is 2.84. The molecule has 1 heterocycles. The molecule has 1 unspecified atom stereocenters. The van der Waals surface area contributed by atoms with Crippen molar-refractivity contribution in [1.29, 1.82) is 0 Å². The van der Waals surface area contributed by atoms with Gasteiger partial charge in [-0.1, -0.05) is 30.0 Å². The van der Waals surface area contributed by atoms with Gasteiger partial charge in [0.15, 0.2) is 4.34 Å². The van der Waals surface area contributed by atoms with Gasteiger partial charge in [0, 0.05) is 17.0 Å². The van der Waals surface area contributed by atoms with Crippen LogP contribution in [-0.4, -0.2) is 20.2 Å². The predicted octanol–water partition coefficient (Wildman–Crippen LogP) is 2.25. The number of nitrogens with two attached hydrogens (primary N) is 1. The van der Waals surface area contributed by atoms with E-state index in [1.807, 2.05) is 25.1 Å². The van der Waals surface area contributed by atoms with E-state index in [9.17, 15) is 5.11 Å². The van der Waals surface area contributed by atoms with E-state index in [1.54, 1.807) is 6.07 Å². The van der Waals surface area contributed by atoms with Crippen molar-refractivity contribution in [2.45, 2.75) is 17.4 Å². The lowest BCUT2D eigenvalue weighted by Crippen LogP contribution is -2.04. The third-order valence-corrected chi connectivity index (χ3v) is 4.23. The van der Waals surface area contributed by atoms with E-state index in [2.05, 4.69) is 9.36 Å². The van der Waals surface area contributed by atoms with Crippen LogP contribution in [0, 0.1) is 6.92 Å². The van der Waals surface area contributed by atoms with E-state index in [1.165, 1.54) is 23.3 Å². The fourth-order valence-electron chi connectivity index (χ4n) is 1.39. The Morgan fingerprint density at radius 2 is 2.24 bits per heavy atom. The first-order valence-electron chi connectivity index (χ1n) is 5.12. The smallest absolute Gasteiger partial charge is 0.170 e. The molecule has 0 bridgehead atoms. The van der Waals surface area contributed by atoms with Crippen molar-refractivity contribution in [1.82, 2.24) is 9.36 Å². The maximum Gasteiger partial charge on any atom is 0.170 e. The molecule has 1 aromatic carbocycles. The molecule has 0 aliphatic rings. The fourth-order valence-corrected chi connectivity index (χ4v) is 3.02. The lowest BCUT2D eigenvalue weighted by atomic mass is 10.1. The Hall–Kier alpha value is -1.11. The van der Waals surface area contributed by atoms with Gasteiger partial charge >= 0.3 is 0 Å². The van der Waals surface area contributed by atoms with E-state index >= 15 is 0 Å². The minimum Gasteiger partial charge on any atom is -0.398 e. The number of aryl methyl sites for hydroxylation is 1. The molecule has 0 amide bonds. The monoisotopic (exact) mass is 267 g/mol. The highest BCUT2D eigenvalue weighted by Gasteiger charge is 2.12. The molecule has 0 spiro atoms. The Bertz CT molecular complexity index is 501. The standard InChI is InChI=1S/C11H13N3OS2/c1-7-13-11(17-14-7)16-6-10(15)8-4-2-3-5-9(8)12/h2-5,10,15H,6,12H2,1H3. The quantitative estimate of drug-likeness (QED) is 0.656. The molecule has 3 N–H and O–H groups in total. The van der Waals surface area contributed by atoms with Gasteiger partial charge in [-0.25, -0.2) is 4.98 Å². The number of hydrogen-bond donors (Lipinski definition) is 2. The number of aromatic nitrogens is 2. The van der Waals surface area contributed by atoms with Crippen LogP contribution in [0.5, 0.6) is 0 Å². The van der Waals surface area contributed by atoms with Gasteiger partial charge in [-0.2, -0.15) is 4.37 Å². The predicted molar refractivity (Wildman–Crippen MR) is 71.2 cm³/mol. The first-order chi connectivity index (χ1) is 8.16. The molecule has 17 heavy (non-hydrogen) atoms. The van der Waals surface area contributed by atoms with Crippen LogP contribution in [0.2, 0.25) is 0 Å². The highest BCUT2D eigenvalue weighted by Crippen LogP contribution is 2.28. The summed E-state index contributed by atoms with van der Waals surface area (Å²) in [5.74, 6) is 1.30. The van der Waals surface area contributed by atoms with Gasteiger partial charge in [0.1, 0.15) is 5.82 Å². The number of rotatable bonds is 4. The van der Waals surface area contributed by atoms with Crippen molar-refractivity contribution in [3.05, 3.63) is 35.7 Å². The molecule has 0 saturated carbocycles. The summed E-state index contributed by atoms with van der Waals surface area (Å²) in [7, 11) is 0. The number of hydrogen-bond acceptors (Lipinski definition) is 6. The van der Waals surface area contributed by atoms with E-state index in [-0.39, 0.29) is 0 Å². The summed E-state index contributed by atoms with van der Waals surface area (Å²) in [4.78, 5) is 4.23. The van der Waals surface area contributed by atoms with Crippen molar-refractivity contribution < 1.29 is 5.11 Å². The van der Waals surface area contributed by atoms with Crippen LogP contribution in [0.4, 0.5) is 5.69 Å². The minimum atomic E-state index is -0.578. The van der Waals surface area contributed by atoms with Gasteiger partial charge in [-0.15, -0.1) is 0 Å². The molecule has 2 aromatic rings. The Labute approximate surface area is 108 Å². The summed E-state index contributed by atoms with van der Waals surface area (Å²) in [6.07, 6.45) is -0.578. The van der Waals surface area contributed by atoms with Crippen molar-refractivity contribution in [3.8, 4) is 0 Å². The minimum absolute atomic E-state index is 0.531. The van der Waals surface area contributed by atoms with E-state index in [4.69, 9.17) is 5.73 Å². The molecule has 2 rings (SSSR count). The number of aliphatic hydroxyl groups excluding tert-OH is 1. The average molecular weight is 267 g/mol. The molecule has 90 valence electrons. The summed E-state index contributed by atoms with van der Waals surface area (Å²) in [6, 6.07) is 7.35. The molecule has 0 saturated heterocycles. The number of aliphatic hydroxyl groups is 1. The number of nitrogen functional groups attached to an aromatic ring is 1. The van der Waals surface area contributed by atoms with Crippen LogP contribution >= 0.6 is 23.3 Å². The van der Waals surface area contributed by atoms with Gasteiger partial charge < -0.3 is 10.8 Å². The van der Waals surface area contributed by atoms with Crippen molar-refractivity contribution in [2.75, 3.05) is 11.5 Å². The van der Waals surface area contributed by atoms with E-state index < -0.39 is 6.10 Å². The van der Waals surface area contributed by atoms with Crippen LogP contribution in [0.15, 0.2) is 28.6 Å². The zero-order chi connectivity index (χ0) is 12.3. The zero-order valence-corrected chi connectivity index (χ0v) is 11.0. The van der Waals surface area contributed by atoms with E-state index in [0.29, 0.717) is 11.4 Å². The number of nitrogens with zero attached hydrogens (tertiary/aromatic N) is 2. The number of anilines is 1. The third kappa shape index (κ3) is 3.18. The van der Waals surface area contributed by atoms with Crippen LogP contribution < -0.4 is 5.73 Å². The Morgan fingerprint density at radius 3 is 2.88 bits per heavy atom. The summed E-state index contributed by atoms with van der Waals surface area (Å²) < 4.78 is 4.96. The van der Waals surface area contributed by atoms with Crippen molar-refractivity contribution in [3.63, 3.8) is 0 Å². The highest BCUT2D eigenvalue weighted by atomic mass is 32.2. The largest absolute Gasteiger partial charge is 0.398 e. The van der Waals surface area contributed by atoms with Crippen LogP contribution in [0.3, 0.4) is 0 Å². The highest BCUT2D eigenvalue weighted by molar-refractivity contribution is 8.00. The molecule has 0 radical (unpaired) electrons. The summed E-state index contributed by atoms with van der Waals surface area (Å²) in [5.41, 5.74) is 7.18. The molecule has 1 atom stereocenters. The van der Waals surface area contributed by atoms with Crippen molar-refractivity contribution >= 4 is 29.0 Å². The number of thioether (sulfide) groups is 1. The second-order valence-corrected chi connectivity index (χ2v) is 5.58. The molecule has 4 nitrogen and oxygen atoms in total. The Morgan fingerprint density at radius 1 is 1.47 bits per heavy atom. The lowest BCUT2D eigenvalue weighted by molar-refractivity contribution is 0.205. The number of benzene rings is 1. The molecular weight excluding hydrogens is 254 g/mol. The molecule has 1 aromatic heterocycles. The van der Waals surface area contributed by atoms with Crippen molar-refractivity contribution in [2.24, 2.45) is 0 Å². The van der Waals surface area contributed by atoms with Gasteiger partial charge in [0.05, 0.1) is 6.10 Å². The third-order valence-electron chi connectivity index (χ3n) is 2.23. The first kappa shape index (κ1) is 12.3. The lowest BCUT2D eigenvalue weighted by Gasteiger charge is -2.11. The first-order valence-corrected chi connectivity index (χ1v) is 6.88. The molecule has 0 aliphatic heterocycles. The van der Waals surface area contributed by atoms with Crippen LogP contribution in [0.1, 0.15) is 17.5 Å². The average Bonchev–Trinajstić information content (AvgIpc) is 2.73. The second kappa shape index (κ2) is 5.48. The Kier molecular flexibility index (Phi) is 3.98. The SMILES string of the molecule is Cc1nsc(SCC(O)c2ccccc2N)n1. The summed E-state index contributed by atoms with van der Waals surface area (Å²) in [6.45, 7) is 1.85. The van der Waals surface area contributed by atoms with Gasteiger partial charge in [0.25, 0.3) is 0 Å². The molecule has 0 fully saturated rings. The normalized spacial score (nSPS) is 12.6. The maximum atomic E-state index is 10.0. The number of para-hydroxylation sites is 1. The Balaban J connectivity index is 1.98. The molecule has 6 heteroatoms. The van der Waals surface area contributed by atoms with Gasteiger partial charge in [-0.3, -0.25) is 0 Å². The topological polar surface area (TPSA) is 72.0 Å². The van der Waals surface area contributed by atoms with E-state index in [0.717, 1.165) is 15.7 Å². The maximum absolute atomic E-state index is 10.0. The zero-order valence-electron chi connectivity index (χ0n) is 9.33. The van der Waals surface area contributed by atoms with Gasteiger partial charge in [0.2, 0.25) is 0 Å². The molecule has 0 aliphatic carbocycles. The molecular formula is C11H13N3OS2.